The fourth-order valence-electron chi connectivity index (χ4n) is 3.05. The summed E-state index contributed by atoms with van der Waals surface area (Å²) in [6.45, 7) is 1.41. The van der Waals surface area contributed by atoms with Crippen LogP contribution in [0.2, 0.25) is 0 Å². The van der Waals surface area contributed by atoms with Crippen molar-refractivity contribution in [2.24, 2.45) is 0 Å². The van der Waals surface area contributed by atoms with Gasteiger partial charge in [0.25, 0.3) is 0 Å². The van der Waals surface area contributed by atoms with Crippen molar-refractivity contribution >= 4 is 18.2 Å². The normalized spacial score (nSPS) is 16.9. The number of rotatable bonds is 6. The third-order valence-corrected chi connectivity index (χ3v) is 4.50. The molecule has 2 aromatic carbocycles. The fraction of sp³-hybridized carbons (Fsp3) is 0.261. The second-order valence-corrected chi connectivity index (χ2v) is 6.92. The first-order chi connectivity index (χ1) is 15.0. The van der Waals surface area contributed by atoms with Crippen LogP contribution in [0.1, 0.15) is 24.5 Å². The summed E-state index contributed by atoms with van der Waals surface area (Å²) in [6.07, 6.45) is 1.59. The second-order valence-electron chi connectivity index (χ2n) is 6.92. The topological polar surface area (TPSA) is 94.2 Å². The Balaban J connectivity index is 1.62. The molecule has 0 heterocycles. The molecule has 0 saturated heterocycles. The van der Waals surface area contributed by atoms with E-state index in [0.717, 1.165) is 16.1 Å². The first kappa shape index (κ1) is 21.9. The Morgan fingerprint density at radius 1 is 0.903 bits per heavy atom. The standard InChI is InChI=1S/C23H24N2O6/c1-17(26)31-21-13-12-20(14-21)25(23(28)30-16-19-10-6-3-7-11-19)24-22(27)29-15-18-8-4-2-5-9-18/h2-13,20-21H,14-16H2,1H3,(H,24,27)/t20-,21+/m0/s1. The van der Waals surface area contributed by atoms with Crippen molar-refractivity contribution in [2.45, 2.75) is 38.7 Å². The van der Waals surface area contributed by atoms with Gasteiger partial charge in [-0.05, 0) is 17.2 Å². The van der Waals surface area contributed by atoms with Crippen molar-refractivity contribution in [1.29, 1.82) is 0 Å². The van der Waals surface area contributed by atoms with Gasteiger partial charge in [0.2, 0.25) is 0 Å². The van der Waals surface area contributed by atoms with Crippen molar-refractivity contribution in [3.63, 3.8) is 0 Å². The van der Waals surface area contributed by atoms with E-state index in [2.05, 4.69) is 5.43 Å². The lowest BCUT2D eigenvalue weighted by molar-refractivity contribution is -0.144. The molecule has 1 aliphatic rings. The van der Waals surface area contributed by atoms with Gasteiger partial charge in [0, 0.05) is 13.3 Å². The minimum atomic E-state index is -0.801. The molecule has 0 radical (unpaired) electrons. The van der Waals surface area contributed by atoms with Gasteiger partial charge in [-0.25, -0.2) is 20.0 Å². The van der Waals surface area contributed by atoms with Gasteiger partial charge < -0.3 is 14.2 Å². The summed E-state index contributed by atoms with van der Waals surface area (Å²) in [6, 6.07) is 17.8. The largest absolute Gasteiger partial charge is 0.458 e. The Morgan fingerprint density at radius 3 is 2.06 bits per heavy atom. The number of amides is 2. The van der Waals surface area contributed by atoms with Gasteiger partial charge in [-0.2, -0.15) is 0 Å². The van der Waals surface area contributed by atoms with Crippen molar-refractivity contribution in [1.82, 2.24) is 10.4 Å². The predicted octanol–water partition coefficient (Wildman–Crippen LogP) is 3.73. The third-order valence-electron chi connectivity index (χ3n) is 4.50. The summed E-state index contributed by atoms with van der Waals surface area (Å²) in [4.78, 5) is 36.3. The SMILES string of the molecule is CC(=O)O[C@@H]1C=C[C@H](N(NC(=O)OCc2ccccc2)C(=O)OCc2ccccc2)C1. The average Bonchev–Trinajstić information content (AvgIpc) is 3.23. The van der Waals surface area contributed by atoms with Crippen molar-refractivity contribution in [3.05, 3.63) is 83.9 Å². The highest BCUT2D eigenvalue weighted by molar-refractivity contribution is 5.74. The summed E-state index contributed by atoms with van der Waals surface area (Å²) >= 11 is 0. The van der Waals surface area contributed by atoms with Crippen molar-refractivity contribution < 1.29 is 28.6 Å². The second kappa shape index (κ2) is 10.8. The third kappa shape index (κ3) is 6.88. The Bertz CT molecular complexity index is 916. The Hall–Kier alpha value is -3.81. The molecule has 0 unspecified atom stereocenters. The molecule has 2 aromatic rings. The summed E-state index contributed by atoms with van der Waals surface area (Å²) in [5.74, 6) is -0.427. The zero-order valence-electron chi connectivity index (χ0n) is 17.1. The molecule has 31 heavy (non-hydrogen) atoms. The number of carbonyl (C=O) groups is 3. The number of nitrogens with zero attached hydrogens (tertiary/aromatic N) is 1. The van der Waals surface area contributed by atoms with Gasteiger partial charge in [0.1, 0.15) is 19.3 Å². The molecule has 1 aliphatic carbocycles. The predicted molar refractivity (Wildman–Crippen MR) is 111 cm³/mol. The molecule has 0 bridgehead atoms. The van der Waals surface area contributed by atoms with Crippen LogP contribution in [0.25, 0.3) is 0 Å². The average molecular weight is 424 g/mol. The summed E-state index contributed by atoms with van der Waals surface area (Å²) in [7, 11) is 0. The van der Waals surface area contributed by atoms with E-state index < -0.39 is 30.3 Å². The van der Waals surface area contributed by atoms with Crippen LogP contribution >= 0.6 is 0 Å². The molecule has 3 rings (SSSR count). The Morgan fingerprint density at radius 2 is 1.48 bits per heavy atom. The molecular weight excluding hydrogens is 400 g/mol. The molecular formula is C23H24N2O6. The van der Waals surface area contributed by atoms with Crippen LogP contribution in [0.5, 0.6) is 0 Å². The minimum absolute atomic E-state index is 0.0424. The van der Waals surface area contributed by atoms with E-state index in [0.29, 0.717) is 6.42 Å². The van der Waals surface area contributed by atoms with Crippen LogP contribution in [0.4, 0.5) is 9.59 Å². The van der Waals surface area contributed by atoms with Crippen LogP contribution in [0, 0.1) is 0 Å². The summed E-state index contributed by atoms with van der Waals surface area (Å²) in [5, 5.41) is 1.05. The number of ether oxygens (including phenoxy) is 3. The number of hydrazine groups is 1. The molecule has 0 aromatic heterocycles. The van der Waals surface area contributed by atoms with Gasteiger partial charge in [-0.3, -0.25) is 4.79 Å². The summed E-state index contributed by atoms with van der Waals surface area (Å²) < 4.78 is 15.7. The van der Waals surface area contributed by atoms with Crippen LogP contribution in [0.3, 0.4) is 0 Å². The summed E-state index contributed by atoms with van der Waals surface area (Å²) in [5.41, 5.74) is 4.06. The molecule has 0 fully saturated rings. The number of hydrogen-bond donors (Lipinski definition) is 1. The lowest BCUT2D eigenvalue weighted by atomic mass is 10.2. The first-order valence-corrected chi connectivity index (χ1v) is 9.84. The molecule has 0 aliphatic heterocycles. The Labute approximate surface area is 180 Å². The highest BCUT2D eigenvalue weighted by atomic mass is 16.6. The molecule has 0 spiro atoms. The smallest absolute Gasteiger partial charge is 0.429 e. The number of carbonyl (C=O) groups excluding carboxylic acids is 3. The molecule has 8 heteroatoms. The highest BCUT2D eigenvalue weighted by Gasteiger charge is 2.32. The highest BCUT2D eigenvalue weighted by Crippen LogP contribution is 2.20. The first-order valence-electron chi connectivity index (χ1n) is 9.84. The van der Waals surface area contributed by atoms with E-state index in [4.69, 9.17) is 14.2 Å². The minimum Gasteiger partial charge on any atom is -0.458 e. The molecule has 2 atom stereocenters. The van der Waals surface area contributed by atoms with E-state index in [9.17, 15) is 14.4 Å². The quantitative estimate of drug-likeness (QED) is 0.329. The van der Waals surface area contributed by atoms with Crippen molar-refractivity contribution in [2.75, 3.05) is 0 Å². The van der Waals surface area contributed by atoms with Gasteiger partial charge in [0.15, 0.2) is 0 Å². The monoisotopic (exact) mass is 424 g/mol. The maximum atomic E-state index is 12.7. The maximum absolute atomic E-state index is 12.7. The number of esters is 1. The van der Waals surface area contributed by atoms with Crippen LogP contribution in [0.15, 0.2) is 72.8 Å². The molecule has 0 saturated carbocycles. The number of benzene rings is 2. The zero-order valence-corrected chi connectivity index (χ0v) is 17.1. The van der Waals surface area contributed by atoms with Crippen LogP contribution < -0.4 is 5.43 Å². The molecule has 1 N–H and O–H groups in total. The molecule has 2 amide bonds. The fourth-order valence-corrected chi connectivity index (χ4v) is 3.05. The number of hydrogen-bond acceptors (Lipinski definition) is 6. The van der Waals surface area contributed by atoms with Gasteiger partial charge in [-0.15, -0.1) is 0 Å². The van der Waals surface area contributed by atoms with E-state index in [1.807, 2.05) is 60.7 Å². The lowest BCUT2D eigenvalue weighted by Gasteiger charge is -2.27. The van der Waals surface area contributed by atoms with E-state index in [1.165, 1.54) is 6.92 Å². The number of nitrogens with one attached hydrogen (secondary N) is 1. The van der Waals surface area contributed by atoms with Gasteiger partial charge in [-0.1, -0.05) is 66.7 Å². The Kier molecular flexibility index (Phi) is 7.64. The van der Waals surface area contributed by atoms with E-state index in [1.54, 1.807) is 12.2 Å². The maximum Gasteiger partial charge on any atom is 0.429 e. The van der Waals surface area contributed by atoms with Crippen LogP contribution in [-0.4, -0.2) is 35.3 Å². The van der Waals surface area contributed by atoms with Gasteiger partial charge in [0.05, 0.1) is 6.04 Å². The molecule has 162 valence electrons. The molecule has 8 nitrogen and oxygen atoms in total. The van der Waals surface area contributed by atoms with Gasteiger partial charge >= 0.3 is 18.2 Å². The van der Waals surface area contributed by atoms with E-state index >= 15 is 0 Å². The van der Waals surface area contributed by atoms with Crippen LogP contribution in [-0.2, 0) is 32.2 Å². The van der Waals surface area contributed by atoms with Crippen molar-refractivity contribution in [3.8, 4) is 0 Å². The van der Waals surface area contributed by atoms with E-state index in [-0.39, 0.29) is 13.2 Å². The lowest BCUT2D eigenvalue weighted by Crippen LogP contribution is -2.51. The zero-order chi connectivity index (χ0) is 22.1.